The Morgan fingerprint density at radius 2 is 1.88 bits per heavy atom. The Morgan fingerprint density at radius 3 is 2.54 bits per heavy atom. The van der Waals surface area contributed by atoms with E-state index in [1.807, 2.05) is 34.5 Å². The summed E-state index contributed by atoms with van der Waals surface area (Å²) in [6, 6.07) is 10.1. The smallest absolute Gasteiger partial charge is 0.238 e. The van der Waals surface area contributed by atoms with Gasteiger partial charge in [-0.25, -0.2) is 18.5 Å². The molecule has 0 fully saturated rings. The Bertz CT molecular complexity index is 977. The molecule has 26 heavy (non-hydrogen) atoms. The van der Waals surface area contributed by atoms with Gasteiger partial charge in [-0.3, -0.25) is 4.79 Å². The molecule has 1 amide bonds. The molecule has 7 nitrogen and oxygen atoms in total. The van der Waals surface area contributed by atoms with Crippen LogP contribution >= 0.6 is 11.3 Å². The molecule has 3 aromatic rings. The highest BCUT2D eigenvalue weighted by Gasteiger charge is 2.09. The molecule has 2 aromatic heterocycles. The van der Waals surface area contributed by atoms with Crippen molar-refractivity contribution in [3.63, 3.8) is 0 Å². The third kappa shape index (κ3) is 4.78. The van der Waals surface area contributed by atoms with Crippen LogP contribution in [0.4, 0.5) is 0 Å². The number of carbonyl (C=O) groups excluding carboxylic acids is 1. The minimum Gasteiger partial charge on any atom is -0.355 e. The summed E-state index contributed by atoms with van der Waals surface area (Å²) in [6.45, 7) is 0.460. The van der Waals surface area contributed by atoms with Gasteiger partial charge in [-0.2, -0.15) is 0 Å². The highest BCUT2D eigenvalue weighted by atomic mass is 32.2. The van der Waals surface area contributed by atoms with Crippen molar-refractivity contribution in [2.24, 2.45) is 5.14 Å². The number of sulfonamides is 1. The predicted octanol–water partition coefficient (Wildman–Crippen LogP) is 1.48. The summed E-state index contributed by atoms with van der Waals surface area (Å²) >= 11 is 1.49. The van der Waals surface area contributed by atoms with Crippen molar-refractivity contribution in [3.05, 3.63) is 65.4 Å². The molecule has 0 radical (unpaired) electrons. The fourth-order valence-corrected chi connectivity index (χ4v) is 3.68. The minimum atomic E-state index is -3.68. The van der Waals surface area contributed by atoms with Gasteiger partial charge in [0.15, 0.2) is 5.13 Å². The fraction of sp³-hybridized carbons (Fsp3) is 0.176. The van der Waals surface area contributed by atoms with E-state index in [9.17, 15) is 13.2 Å². The van der Waals surface area contributed by atoms with Crippen molar-refractivity contribution < 1.29 is 13.2 Å². The number of benzene rings is 1. The first-order valence-electron chi connectivity index (χ1n) is 7.88. The fourth-order valence-electron chi connectivity index (χ4n) is 2.38. The average molecular weight is 390 g/mol. The highest BCUT2D eigenvalue weighted by Crippen LogP contribution is 2.15. The van der Waals surface area contributed by atoms with E-state index in [0.29, 0.717) is 13.0 Å². The molecule has 9 heteroatoms. The normalized spacial score (nSPS) is 11.4. The van der Waals surface area contributed by atoms with Gasteiger partial charge in [0.05, 0.1) is 17.0 Å². The lowest BCUT2D eigenvalue weighted by Gasteiger charge is -2.05. The summed E-state index contributed by atoms with van der Waals surface area (Å²) in [5.74, 6) is -0.101. The molecule has 0 bridgehead atoms. The van der Waals surface area contributed by atoms with E-state index in [2.05, 4.69) is 10.3 Å². The summed E-state index contributed by atoms with van der Waals surface area (Å²) < 4.78 is 24.3. The number of hydrogen-bond acceptors (Lipinski definition) is 5. The van der Waals surface area contributed by atoms with Gasteiger partial charge >= 0.3 is 0 Å². The molecule has 0 atom stereocenters. The number of nitrogens with zero attached hydrogens (tertiary/aromatic N) is 2. The second kappa shape index (κ2) is 7.81. The highest BCUT2D eigenvalue weighted by molar-refractivity contribution is 7.89. The monoisotopic (exact) mass is 390 g/mol. The van der Waals surface area contributed by atoms with Crippen LogP contribution in [0.3, 0.4) is 0 Å². The quantitative estimate of drug-likeness (QED) is 0.637. The molecule has 0 saturated heterocycles. The number of thiazole rings is 1. The van der Waals surface area contributed by atoms with E-state index >= 15 is 0 Å². The number of nitrogens with two attached hydrogens (primary N) is 1. The standard InChI is InChI=1S/C17H18N4O3S2/c18-26(23,24)15-5-3-13(4-6-15)7-8-19-16(22)11-14-12-25-17(20-14)21-9-1-2-10-21/h1-6,9-10,12H,7-8,11H2,(H,19,22)(H2,18,23,24). The first-order valence-corrected chi connectivity index (χ1v) is 10.3. The third-order valence-corrected chi connectivity index (χ3v) is 5.53. The lowest BCUT2D eigenvalue weighted by atomic mass is 10.1. The third-order valence-electron chi connectivity index (χ3n) is 3.69. The van der Waals surface area contributed by atoms with Gasteiger partial charge in [-0.05, 0) is 36.2 Å². The summed E-state index contributed by atoms with van der Waals surface area (Å²) in [6.07, 6.45) is 4.64. The Hall–Kier alpha value is -2.49. The maximum Gasteiger partial charge on any atom is 0.238 e. The zero-order chi connectivity index (χ0) is 18.6. The minimum absolute atomic E-state index is 0.0762. The zero-order valence-electron chi connectivity index (χ0n) is 13.8. The van der Waals surface area contributed by atoms with E-state index < -0.39 is 10.0 Å². The van der Waals surface area contributed by atoms with Crippen molar-refractivity contribution in [1.82, 2.24) is 14.9 Å². The zero-order valence-corrected chi connectivity index (χ0v) is 15.5. The molecule has 136 valence electrons. The lowest BCUT2D eigenvalue weighted by Crippen LogP contribution is -2.27. The number of nitrogens with one attached hydrogen (secondary N) is 1. The van der Waals surface area contributed by atoms with E-state index in [-0.39, 0.29) is 17.2 Å². The first kappa shape index (κ1) is 18.3. The first-order chi connectivity index (χ1) is 12.4. The van der Waals surface area contributed by atoms with Crippen LogP contribution in [0.5, 0.6) is 0 Å². The van der Waals surface area contributed by atoms with E-state index in [1.165, 1.54) is 23.5 Å². The Kier molecular flexibility index (Phi) is 5.50. The summed E-state index contributed by atoms with van der Waals surface area (Å²) in [5.41, 5.74) is 1.65. The average Bonchev–Trinajstić information content (AvgIpc) is 3.25. The van der Waals surface area contributed by atoms with Gasteiger partial charge < -0.3 is 9.88 Å². The second-order valence-corrected chi connectivity index (χ2v) is 8.08. The van der Waals surface area contributed by atoms with Gasteiger partial charge in [-0.1, -0.05) is 12.1 Å². The Morgan fingerprint density at radius 1 is 1.19 bits per heavy atom. The van der Waals surface area contributed by atoms with Crippen molar-refractivity contribution in [2.45, 2.75) is 17.7 Å². The van der Waals surface area contributed by atoms with Crippen LogP contribution in [0.15, 0.2) is 59.1 Å². The molecule has 1 aromatic carbocycles. The number of carbonyl (C=O) groups is 1. The number of rotatable bonds is 7. The van der Waals surface area contributed by atoms with Crippen LogP contribution in [-0.2, 0) is 27.7 Å². The van der Waals surface area contributed by atoms with Gasteiger partial charge in [0.25, 0.3) is 0 Å². The number of aromatic nitrogens is 2. The summed E-state index contributed by atoms with van der Waals surface area (Å²) in [4.78, 5) is 16.6. The molecule has 0 unspecified atom stereocenters. The van der Waals surface area contributed by atoms with E-state index in [4.69, 9.17) is 5.14 Å². The molecule has 0 saturated carbocycles. The van der Waals surface area contributed by atoms with Crippen molar-refractivity contribution in [1.29, 1.82) is 0 Å². The van der Waals surface area contributed by atoms with Crippen LogP contribution < -0.4 is 10.5 Å². The molecule has 3 N–H and O–H groups in total. The van der Waals surface area contributed by atoms with Gasteiger partial charge in [0, 0.05) is 24.3 Å². The Balaban J connectivity index is 1.47. The van der Waals surface area contributed by atoms with Gasteiger partial charge in [0.2, 0.25) is 15.9 Å². The van der Waals surface area contributed by atoms with Crippen LogP contribution in [0.1, 0.15) is 11.3 Å². The summed E-state index contributed by atoms with van der Waals surface area (Å²) in [5, 5.41) is 10.6. The molecule has 0 aliphatic carbocycles. The summed E-state index contributed by atoms with van der Waals surface area (Å²) in [7, 11) is -3.68. The predicted molar refractivity (Wildman–Crippen MR) is 99.7 cm³/mol. The van der Waals surface area contributed by atoms with Crippen molar-refractivity contribution in [2.75, 3.05) is 6.54 Å². The topological polar surface area (TPSA) is 107 Å². The lowest BCUT2D eigenvalue weighted by molar-refractivity contribution is -0.120. The van der Waals surface area contributed by atoms with Crippen LogP contribution in [0, 0.1) is 0 Å². The SMILES string of the molecule is NS(=O)(=O)c1ccc(CCNC(=O)Cc2csc(-n3cccc3)n2)cc1. The van der Waals surface area contributed by atoms with Crippen molar-refractivity contribution >= 4 is 27.3 Å². The number of primary sulfonamides is 1. The van der Waals surface area contributed by atoms with E-state index in [1.54, 1.807) is 12.1 Å². The number of hydrogen-bond donors (Lipinski definition) is 2. The molecular weight excluding hydrogens is 372 g/mol. The molecular formula is C17H18N4O3S2. The molecule has 0 aliphatic rings. The van der Waals surface area contributed by atoms with Crippen LogP contribution in [-0.4, -0.2) is 30.4 Å². The van der Waals surface area contributed by atoms with E-state index in [0.717, 1.165) is 16.4 Å². The maximum atomic E-state index is 12.0. The maximum absolute atomic E-state index is 12.0. The van der Waals surface area contributed by atoms with Crippen LogP contribution in [0.2, 0.25) is 0 Å². The van der Waals surface area contributed by atoms with Crippen molar-refractivity contribution in [3.8, 4) is 5.13 Å². The molecule has 0 spiro atoms. The number of amides is 1. The largest absolute Gasteiger partial charge is 0.355 e. The molecule has 2 heterocycles. The molecule has 3 rings (SSSR count). The van der Waals surface area contributed by atoms with Crippen LogP contribution in [0.25, 0.3) is 5.13 Å². The molecule has 0 aliphatic heterocycles. The second-order valence-electron chi connectivity index (χ2n) is 5.68. The Labute approximate surface area is 155 Å². The van der Waals surface area contributed by atoms with Gasteiger partial charge in [0.1, 0.15) is 0 Å². The van der Waals surface area contributed by atoms with Gasteiger partial charge in [-0.15, -0.1) is 11.3 Å².